The molecule has 0 fully saturated rings. The van der Waals surface area contributed by atoms with Gasteiger partial charge in [0.15, 0.2) is 0 Å². The van der Waals surface area contributed by atoms with E-state index in [2.05, 4.69) is 0 Å². The van der Waals surface area contributed by atoms with Crippen LogP contribution in [-0.2, 0) is 0 Å². The summed E-state index contributed by atoms with van der Waals surface area (Å²) in [5.74, 6) is -1.32. The topological polar surface area (TPSA) is 104 Å². The summed E-state index contributed by atoms with van der Waals surface area (Å²) in [5.41, 5.74) is 5.70. The maximum atomic E-state index is 10.7. The minimum Gasteiger partial charge on any atom is -0.508 e. The molecule has 5 nitrogen and oxygen atoms in total. The Balaban J connectivity index is 3.21. The molecule has 0 radical (unpaired) electrons. The van der Waals surface area contributed by atoms with Gasteiger partial charge in [0.2, 0.25) is 0 Å². The molecule has 0 aliphatic rings. The fourth-order valence-corrected chi connectivity index (χ4v) is 1.15. The number of phenols is 1. The Bertz CT molecular complexity index is 351. The van der Waals surface area contributed by atoms with Gasteiger partial charge < -0.3 is 21.1 Å². The maximum Gasteiger partial charge on any atom is 0.336 e. The molecule has 0 amide bonds. The third-order valence-electron chi connectivity index (χ3n) is 1.86. The SMILES string of the molecule is NC(CO)c1ccc(O)cc1C(=O)O. The van der Waals surface area contributed by atoms with Crippen molar-refractivity contribution in [3.63, 3.8) is 0 Å². The molecule has 1 rings (SSSR count). The lowest BCUT2D eigenvalue weighted by Gasteiger charge is -2.11. The standard InChI is InChI=1S/C9H11NO4/c10-8(4-11)6-2-1-5(12)3-7(6)9(13)14/h1-3,8,11-12H,4,10H2,(H,13,14). The first-order valence-corrected chi connectivity index (χ1v) is 3.99. The third-order valence-corrected chi connectivity index (χ3v) is 1.86. The Morgan fingerprint density at radius 1 is 1.50 bits per heavy atom. The zero-order valence-corrected chi connectivity index (χ0v) is 7.34. The van der Waals surface area contributed by atoms with E-state index in [1.807, 2.05) is 0 Å². The minimum absolute atomic E-state index is 0.0912. The summed E-state index contributed by atoms with van der Waals surface area (Å²) in [7, 11) is 0. The molecular weight excluding hydrogens is 186 g/mol. The van der Waals surface area contributed by atoms with Gasteiger partial charge in [0.05, 0.1) is 18.2 Å². The molecule has 5 heteroatoms. The fourth-order valence-electron chi connectivity index (χ4n) is 1.15. The van der Waals surface area contributed by atoms with E-state index in [1.165, 1.54) is 12.1 Å². The van der Waals surface area contributed by atoms with E-state index in [0.717, 1.165) is 6.07 Å². The fraction of sp³-hybridized carbons (Fsp3) is 0.222. The molecule has 76 valence electrons. The summed E-state index contributed by atoms with van der Waals surface area (Å²) in [5, 5.41) is 26.6. The smallest absolute Gasteiger partial charge is 0.336 e. The summed E-state index contributed by atoms with van der Waals surface area (Å²) >= 11 is 0. The Kier molecular flexibility index (Phi) is 3.06. The molecule has 0 saturated carbocycles. The number of aromatic carboxylic acids is 1. The summed E-state index contributed by atoms with van der Waals surface area (Å²) in [4.78, 5) is 10.7. The summed E-state index contributed by atoms with van der Waals surface area (Å²) in [6.07, 6.45) is 0. The highest BCUT2D eigenvalue weighted by molar-refractivity contribution is 5.90. The number of aliphatic hydroxyl groups is 1. The van der Waals surface area contributed by atoms with Gasteiger partial charge in [-0.3, -0.25) is 0 Å². The molecule has 0 spiro atoms. The van der Waals surface area contributed by atoms with Crippen LogP contribution in [0.3, 0.4) is 0 Å². The van der Waals surface area contributed by atoms with Crippen molar-refractivity contribution >= 4 is 5.97 Å². The number of aliphatic hydroxyl groups excluding tert-OH is 1. The van der Waals surface area contributed by atoms with E-state index in [9.17, 15) is 4.79 Å². The van der Waals surface area contributed by atoms with Crippen LogP contribution in [-0.4, -0.2) is 27.9 Å². The minimum atomic E-state index is -1.18. The summed E-state index contributed by atoms with van der Waals surface area (Å²) < 4.78 is 0. The molecule has 0 aromatic heterocycles. The number of rotatable bonds is 3. The summed E-state index contributed by atoms with van der Waals surface area (Å²) in [6, 6.07) is 3.08. The van der Waals surface area contributed by atoms with Crippen molar-refractivity contribution < 1.29 is 20.1 Å². The highest BCUT2D eigenvalue weighted by Crippen LogP contribution is 2.21. The van der Waals surface area contributed by atoms with Gasteiger partial charge in [-0.05, 0) is 17.7 Å². The first-order chi connectivity index (χ1) is 6.56. The van der Waals surface area contributed by atoms with Gasteiger partial charge in [-0.25, -0.2) is 4.79 Å². The number of carboxylic acids is 1. The van der Waals surface area contributed by atoms with Gasteiger partial charge in [0.25, 0.3) is 0 Å². The Morgan fingerprint density at radius 3 is 2.64 bits per heavy atom. The van der Waals surface area contributed by atoms with Crippen LogP contribution >= 0.6 is 0 Å². The van der Waals surface area contributed by atoms with Crippen LogP contribution in [0.4, 0.5) is 0 Å². The highest BCUT2D eigenvalue weighted by Gasteiger charge is 2.15. The first-order valence-electron chi connectivity index (χ1n) is 3.99. The molecular formula is C9H11NO4. The third kappa shape index (κ3) is 2.01. The Morgan fingerprint density at radius 2 is 2.14 bits per heavy atom. The molecule has 1 atom stereocenters. The highest BCUT2D eigenvalue weighted by atomic mass is 16.4. The number of aromatic hydroxyl groups is 1. The predicted molar refractivity (Wildman–Crippen MR) is 49.1 cm³/mol. The lowest BCUT2D eigenvalue weighted by molar-refractivity contribution is 0.0694. The number of carboxylic acid groups (broad SMARTS) is 1. The Labute approximate surface area is 80.4 Å². The van der Waals surface area contributed by atoms with Crippen molar-refractivity contribution in [3.05, 3.63) is 29.3 Å². The van der Waals surface area contributed by atoms with Crippen molar-refractivity contribution in [3.8, 4) is 5.75 Å². The largest absolute Gasteiger partial charge is 0.508 e. The average molecular weight is 197 g/mol. The molecule has 5 N–H and O–H groups in total. The van der Waals surface area contributed by atoms with Crippen LogP contribution in [0, 0.1) is 0 Å². The molecule has 1 unspecified atom stereocenters. The average Bonchev–Trinajstić information content (AvgIpc) is 2.16. The lowest BCUT2D eigenvalue weighted by Crippen LogP contribution is -2.18. The van der Waals surface area contributed by atoms with Gasteiger partial charge in [0, 0.05) is 0 Å². The number of hydrogen-bond donors (Lipinski definition) is 4. The van der Waals surface area contributed by atoms with E-state index >= 15 is 0 Å². The molecule has 1 aromatic carbocycles. The molecule has 14 heavy (non-hydrogen) atoms. The van der Waals surface area contributed by atoms with Crippen molar-refractivity contribution in [2.24, 2.45) is 5.73 Å². The van der Waals surface area contributed by atoms with Crippen LogP contribution in [0.15, 0.2) is 18.2 Å². The second-order valence-corrected chi connectivity index (χ2v) is 2.87. The zero-order valence-electron chi connectivity index (χ0n) is 7.34. The Hall–Kier alpha value is -1.59. The van der Waals surface area contributed by atoms with E-state index in [1.54, 1.807) is 0 Å². The van der Waals surface area contributed by atoms with Crippen molar-refractivity contribution in [2.75, 3.05) is 6.61 Å². The quantitative estimate of drug-likeness (QED) is 0.549. The number of nitrogens with two attached hydrogens (primary N) is 1. The molecule has 0 bridgehead atoms. The number of phenolic OH excluding ortho intramolecular Hbond substituents is 1. The van der Waals surface area contributed by atoms with Crippen LogP contribution in [0.5, 0.6) is 5.75 Å². The molecule has 0 saturated heterocycles. The van der Waals surface area contributed by atoms with Crippen LogP contribution in [0.1, 0.15) is 22.0 Å². The normalized spacial score (nSPS) is 12.4. The van der Waals surface area contributed by atoms with E-state index in [4.69, 9.17) is 21.1 Å². The van der Waals surface area contributed by atoms with Gasteiger partial charge in [0.1, 0.15) is 5.75 Å². The van der Waals surface area contributed by atoms with Crippen molar-refractivity contribution in [1.29, 1.82) is 0 Å². The number of hydrogen-bond acceptors (Lipinski definition) is 4. The van der Waals surface area contributed by atoms with Crippen molar-refractivity contribution in [1.82, 2.24) is 0 Å². The number of carbonyl (C=O) groups is 1. The van der Waals surface area contributed by atoms with Gasteiger partial charge in [-0.2, -0.15) is 0 Å². The zero-order chi connectivity index (χ0) is 10.7. The molecule has 0 aliphatic heterocycles. The van der Waals surface area contributed by atoms with Gasteiger partial charge in [-0.15, -0.1) is 0 Å². The lowest BCUT2D eigenvalue weighted by atomic mass is 10.0. The van der Waals surface area contributed by atoms with Gasteiger partial charge in [-0.1, -0.05) is 6.07 Å². The molecule has 0 aliphatic carbocycles. The first kappa shape index (κ1) is 10.5. The second-order valence-electron chi connectivity index (χ2n) is 2.87. The summed E-state index contributed by atoms with van der Waals surface area (Å²) in [6.45, 7) is -0.342. The van der Waals surface area contributed by atoms with Crippen LogP contribution < -0.4 is 5.73 Å². The van der Waals surface area contributed by atoms with Crippen LogP contribution in [0.25, 0.3) is 0 Å². The maximum absolute atomic E-state index is 10.7. The number of benzene rings is 1. The van der Waals surface area contributed by atoms with E-state index < -0.39 is 12.0 Å². The second kappa shape index (κ2) is 4.08. The molecule has 0 heterocycles. The monoisotopic (exact) mass is 197 g/mol. The van der Waals surface area contributed by atoms with Gasteiger partial charge >= 0.3 is 5.97 Å². The van der Waals surface area contributed by atoms with Crippen LogP contribution in [0.2, 0.25) is 0 Å². The van der Waals surface area contributed by atoms with E-state index in [-0.39, 0.29) is 17.9 Å². The predicted octanol–water partition coefficient (Wildman–Crippen LogP) is 0.0825. The van der Waals surface area contributed by atoms with Crippen molar-refractivity contribution in [2.45, 2.75) is 6.04 Å². The van der Waals surface area contributed by atoms with E-state index in [0.29, 0.717) is 5.56 Å². The molecule has 1 aromatic rings.